The molecule has 10 heteroatoms. The Balaban J connectivity index is 1.32. The number of Topliss-reactive ketones (excluding diaryl/α,β-unsaturated/α-hetero) is 1. The lowest BCUT2D eigenvalue weighted by Crippen LogP contribution is -2.22. The number of nitrogens with zero attached hydrogens (tertiary/aromatic N) is 2. The van der Waals surface area contributed by atoms with Gasteiger partial charge in [0, 0.05) is 29.5 Å². The largest absolute Gasteiger partial charge is 0.492 e. The van der Waals surface area contributed by atoms with Crippen LogP contribution in [0.2, 0.25) is 0 Å². The molecule has 0 spiro atoms. The minimum absolute atomic E-state index is 0.0199. The molecule has 1 aromatic carbocycles. The molecule has 0 unspecified atom stereocenters. The number of thiazole rings is 1. The zero-order chi connectivity index (χ0) is 24.8. The molecule has 35 heavy (non-hydrogen) atoms. The monoisotopic (exact) mass is 494 g/mol. The fourth-order valence-corrected chi connectivity index (χ4v) is 4.74. The highest BCUT2D eigenvalue weighted by Gasteiger charge is 2.26. The van der Waals surface area contributed by atoms with Gasteiger partial charge in [0.1, 0.15) is 5.75 Å². The molecule has 1 saturated carbocycles. The molecule has 1 fully saturated rings. The molecule has 1 aliphatic carbocycles. The fourth-order valence-electron chi connectivity index (χ4n) is 4.00. The molecule has 3 aromatic rings. The number of anilines is 2. The highest BCUT2D eigenvalue weighted by molar-refractivity contribution is 7.13. The van der Waals surface area contributed by atoms with Crippen LogP contribution in [0.1, 0.15) is 57.7 Å². The van der Waals surface area contributed by atoms with Gasteiger partial charge in [-0.05, 0) is 38.0 Å². The number of amides is 2. The van der Waals surface area contributed by atoms with Gasteiger partial charge in [0.25, 0.3) is 0 Å². The number of rotatable bonds is 9. The summed E-state index contributed by atoms with van der Waals surface area (Å²) in [5.41, 5.74) is 2.78. The molecule has 0 aliphatic heterocycles. The molecule has 1 aliphatic rings. The minimum atomic E-state index is -1.07. The first kappa shape index (κ1) is 24.3. The maximum Gasteiger partial charge on any atom is 0.337 e. The van der Waals surface area contributed by atoms with Crippen LogP contribution in [0.4, 0.5) is 15.6 Å². The molecule has 3 N–H and O–H groups in total. The van der Waals surface area contributed by atoms with Crippen molar-refractivity contribution in [2.24, 2.45) is 5.92 Å². The SMILES string of the molecule is Cc1ccc(NC(=O)Nc2nc(CCOc3cncc(C(=O)O)c3)cs2)c(C(=O)C2CCCC2)c1. The van der Waals surface area contributed by atoms with Crippen molar-refractivity contribution in [2.75, 3.05) is 17.2 Å². The normalized spacial score (nSPS) is 13.4. The van der Waals surface area contributed by atoms with Crippen LogP contribution in [0.5, 0.6) is 5.75 Å². The molecule has 0 atom stereocenters. The number of aromatic nitrogens is 2. The quantitative estimate of drug-likeness (QED) is 0.349. The Morgan fingerprint density at radius 1 is 1.14 bits per heavy atom. The Kier molecular flexibility index (Phi) is 7.71. The summed E-state index contributed by atoms with van der Waals surface area (Å²) in [7, 11) is 0. The number of nitrogens with one attached hydrogen (secondary N) is 2. The Labute approximate surface area is 206 Å². The van der Waals surface area contributed by atoms with E-state index < -0.39 is 12.0 Å². The summed E-state index contributed by atoms with van der Waals surface area (Å²) in [6.45, 7) is 2.20. The van der Waals surface area contributed by atoms with E-state index in [1.165, 1.54) is 29.8 Å². The summed E-state index contributed by atoms with van der Waals surface area (Å²) in [5, 5.41) is 16.8. The number of aromatic carboxylic acids is 1. The number of carbonyl (C=O) groups excluding carboxylic acids is 2. The van der Waals surface area contributed by atoms with E-state index in [0.717, 1.165) is 36.9 Å². The third-order valence-electron chi connectivity index (χ3n) is 5.77. The number of hydrogen-bond donors (Lipinski definition) is 3. The number of aryl methyl sites for hydroxylation is 1. The number of carboxylic acid groups (broad SMARTS) is 1. The molecule has 182 valence electrons. The lowest BCUT2D eigenvalue weighted by Gasteiger charge is -2.14. The van der Waals surface area contributed by atoms with Gasteiger partial charge in [-0.1, -0.05) is 24.5 Å². The molecule has 0 radical (unpaired) electrons. The second kappa shape index (κ2) is 11.1. The maximum absolute atomic E-state index is 13.0. The number of carbonyl (C=O) groups is 3. The van der Waals surface area contributed by atoms with Crippen molar-refractivity contribution >= 4 is 39.9 Å². The second-order valence-corrected chi connectivity index (χ2v) is 9.29. The molecular formula is C25H26N4O5S. The van der Waals surface area contributed by atoms with Gasteiger partial charge in [-0.25, -0.2) is 14.6 Å². The molecule has 0 bridgehead atoms. The van der Waals surface area contributed by atoms with E-state index in [1.54, 1.807) is 6.07 Å². The predicted molar refractivity (Wildman–Crippen MR) is 133 cm³/mol. The molecule has 0 saturated heterocycles. The van der Waals surface area contributed by atoms with Gasteiger partial charge in [-0.2, -0.15) is 0 Å². The molecule has 2 aromatic heterocycles. The van der Waals surface area contributed by atoms with Gasteiger partial charge in [0.15, 0.2) is 10.9 Å². The first-order valence-electron chi connectivity index (χ1n) is 11.4. The number of pyridine rings is 1. The van der Waals surface area contributed by atoms with E-state index >= 15 is 0 Å². The van der Waals surface area contributed by atoms with E-state index in [4.69, 9.17) is 9.84 Å². The van der Waals surface area contributed by atoms with E-state index in [0.29, 0.717) is 28.6 Å². The summed E-state index contributed by atoms with van der Waals surface area (Å²) >= 11 is 1.28. The van der Waals surface area contributed by atoms with Gasteiger partial charge in [-0.3, -0.25) is 15.1 Å². The van der Waals surface area contributed by atoms with Crippen LogP contribution in [-0.4, -0.2) is 39.5 Å². The Morgan fingerprint density at radius 3 is 2.71 bits per heavy atom. The smallest absolute Gasteiger partial charge is 0.337 e. The molecule has 4 rings (SSSR count). The summed E-state index contributed by atoms with van der Waals surface area (Å²) in [5.74, 6) is -0.607. The maximum atomic E-state index is 13.0. The molecular weight excluding hydrogens is 468 g/mol. The topological polar surface area (TPSA) is 131 Å². The predicted octanol–water partition coefficient (Wildman–Crippen LogP) is 5.18. The Morgan fingerprint density at radius 2 is 1.94 bits per heavy atom. The third kappa shape index (κ3) is 6.42. The van der Waals surface area contributed by atoms with Crippen molar-refractivity contribution in [3.05, 3.63) is 64.4 Å². The van der Waals surface area contributed by atoms with E-state index in [9.17, 15) is 14.4 Å². The van der Waals surface area contributed by atoms with Crippen molar-refractivity contribution in [3.63, 3.8) is 0 Å². The first-order valence-corrected chi connectivity index (χ1v) is 12.3. The number of urea groups is 1. The van der Waals surface area contributed by atoms with Crippen LogP contribution in [0, 0.1) is 12.8 Å². The van der Waals surface area contributed by atoms with Gasteiger partial charge >= 0.3 is 12.0 Å². The number of benzene rings is 1. The number of ether oxygens (including phenoxy) is 1. The average Bonchev–Trinajstić information content (AvgIpc) is 3.52. The molecule has 2 amide bonds. The lowest BCUT2D eigenvalue weighted by molar-refractivity contribution is 0.0695. The average molecular weight is 495 g/mol. The summed E-state index contributed by atoms with van der Waals surface area (Å²) < 4.78 is 5.56. The zero-order valence-corrected chi connectivity index (χ0v) is 20.1. The fraction of sp³-hybridized carbons (Fsp3) is 0.320. The van der Waals surface area contributed by atoms with Crippen LogP contribution < -0.4 is 15.4 Å². The number of carboxylic acids is 1. The summed E-state index contributed by atoms with van der Waals surface area (Å²) in [6.07, 6.45) is 7.08. The van der Waals surface area contributed by atoms with Crippen LogP contribution in [0.3, 0.4) is 0 Å². The third-order valence-corrected chi connectivity index (χ3v) is 6.58. The van der Waals surface area contributed by atoms with Gasteiger partial charge in [0.2, 0.25) is 0 Å². The van der Waals surface area contributed by atoms with Gasteiger partial charge < -0.3 is 15.2 Å². The van der Waals surface area contributed by atoms with Gasteiger partial charge in [0.05, 0.1) is 29.7 Å². The van der Waals surface area contributed by atoms with Crippen LogP contribution >= 0.6 is 11.3 Å². The first-order chi connectivity index (χ1) is 16.9. The minimum Gasteiger partial charge on any atom is -0.492 e. The Bertz CT molecular complexity index is 1240. The lowest BCUT2D eigenvalue weighted by atomic mass is 9.94. The van der Waals surface area contributed by atoms with Gasteiger partial charge in [-0.15, -0.1) is 11.3 Å². The van der Waals surface area contributed by atoms with Crippen molar-refractivity contribution in [1.82, 2.24) is 9.97 Å². The van der Waals surface area contributed by atoms with Crippen LogP contribution in [0.15, 0.2) is 42.0 Å². The van der Waals surface area contributed by atoms with Crippen LogP contribution in [-0.2, 0) is 6.42 Å². The van der Waals surface area contributed by atoms with Crippen molar-refractivity contribution in [2.45, 2.75) is 39.0 Å². The summed E-state index contributed by atoms with van der Waals surface area (Å²) in [4.78, 5) is 44.9. The van der Waals surface area contributed by atoms with E-state index in [2.05, 4.69) is 20.6 Å². The second-order valence-electron chi connectivity index (χ2n) is 8.43. The van der Waals surface area contributed by atoms with Crippen molar-refractivity contribution in [1.29, 1.82) is 0 Å². The highest BCUT2D eigenvalue weighted by Crippen LogP contribution is 2.31. The molecule has 2 heterocycles. The highest BCUT2D eigenvalue weighted by atomic mass is 32.1. The van der Waals surface area contributed by atoms with E-state index in [1.807, 2.05) is 24.4 Å². The van der Waals surface area contributed by atoms with Crippen LogP contribution in [0.25, 0.3) is 0 Å². The number of hydrogen-bond acceptors (Lipinski definition) is 7. The standard InChI is InChI=1S/C25H26N4O5S/c1-15-6-7-21(20(10-15)22(30)16-4-2-3-5-16)28-24(33)29-25-27-18(14-35-25)8-9-34-19-11-17(23(31)32)12-26-13-19/h6-7,10-14,16H,2-5,8-9H2,1H3,(H,31,32)(H2,27,28,29,33). The Hall–Kier alpha value is -3.79. The van der Waals surface area contributed by atoms with Crippen molar-refractivity contribution in [3.8, 4) is 5.75 Å². The molecule has 9 nitrogen and oxygen atoms in total. The van der Waals surface area contributed by atoms with E-state index in [-0.39, 0.29) is 23.9 Å². The number of ketones is 1. The zero-order valence-electron chi connectivity index (χ0n) is 19.2. The van der Waals surface area contributed by atoms with Crippen molar-refractivity contribution < 1.29 is 24.2 Å². The summed E-state index contributed by atoms with van der Waals surface area (Å²) in [6, 6.07) is 6.40.